The number of nitrogens with one attached hydrogen (secondary N) is 1. The van der Waals surface area contributed by atoms with Gasteiger partial charge in [0.2, 0.25) is 5.91 Å². The van der Waals surface area contributed by atoms with E-state index in [0.29, 0.717) is 11.4 Å². The monoisotopic (exact) mass is 303 g/mol. The first-order valence-electron chi connectivity index (χ1n) is 6.69. The number of amides is 1. The molecule has 0 fully saturated rings. The zero-order chi connectivity index (χ0) is 15.4. The van der Waals surface area contributed by atoms with Gasteiger partial charge in [-0.1, -0.05) is 29.8 Å². The Morgan fingerprint density at radius 3 is 2.67 bits per heavy atom. The number of rotatable bonds is 4. The molecule has 0 aliphatic carbocycles. The van der Waals surface area contributed by atoms with Gasteiger partial charge in [0.1, 0.15) is 5.75 Å². The van der Waals surface area contributed by atoms with E-state index in [0.717, 1.165) is 28.1 Å². The van der Waals surface area contributed by atoms with E-state index in [4.69, 9.17) is 16.3 Å². The van der Waals surface area contributed by atoms with Crippen molar-refractivity contribution in [2.75, 3.05) is 12.4 Å². The highest BCUT2D eigenvalue weighted by atomic mass is 35.5. The summed E-state index contributed by atoms with van der Waals surface area (Å²) in [5.74, 6) is 0.759. The molecule has 1 N–H and O–H groups in total. The number of hydrogen-bond acceptors (Lipinski definition) is 2. The summed E-state index contributed by atoms with van der Waals surface area (Å²) in [5, 5.41) is 3.54. The second-order valence-corrected chi connectivity index (χ2v) is 5.35. The zero-order valence-corrected chi connectivity index (χ0v) is 13.1. The predicted molar refractivity (Wildman–Crippen MR) is 86.3 cm³/mol. The summed E-state index contributed by atoms with van der Waals surface area (Å²) in [6.45, 7) is 3.84. The Kier molecular flexibility index (Phi) is 4.86. The molecule has 0 aromatic heterocycles. The van der Waals surface area contributed by atoms with Crippen molar-refractivity contribution in [2.24, 2.45) is 0 Å². The zero-order valence-electron chi connectivity index (χ0n) is 12.4. The Bertz CT molecular complexity index is 668. The summed E-state index contributed by atoms with van der Waals surface area (Å²) in [6, 6.07) is 11.2. The molecule has 2 aromatic carbocycles. The van der Waals surface area contributed by atoms with E-state index < -0.39 is 0 Å². The Labute approximate surface area is 129 Å². The van der Waals surface area contributed by atoms with Gasteiger partial charge in [-0.25, -0.2) is 0 Å². The van der Waals surface area contributed by atoms with Gasteiger partial charge in [0.15, 0.2) is 0 Å². The van der Waals surface area contributed by atoms with E-state index in [1.165, 1.54) is 0 Å². The van der Waals surface area contributed by atoms with E-state index in [9.17, 15) is 4.79 Å². The molecule has 0 atom stereocenters. The van der Waals surface area contributed by atoms with Gasteiger partial charge in [-0.15, -0.1) is 0 Å². The largest absolute Gasteiger partial charge is 0.496 e. The summed E-state index contributed by atoms with van der Waals surface area (Å²) in [4.78, 5) is 12.1. The molecule has 0 unspecified atom stereocenters. The molecular weight excluding hydrogens is 286 g/mol. The van der Waals surface area contributed by atoms with Crippen molar-refractivity contribution in [3.8, 4) is 5.75 Å². The molecule has 110 valence electrons. The minimum atomic E-state index is -0.0649. The smallest absolute Gasteiger partial charge is 0.228 e. The Morgan fingerprint density at radius 1 is 1.24 bits per heavy atom. The van der Waals surface area contributed by atoms with Gasteiger partial charge in [0.25, 0.3) is 0 Å². The van der Waals surface area contributed by atoms with E-state index in [2.05, 4.69) is 5.32 Å². The molecule has 21 heavy (non-hydrogen) atoms. The lowest BCUT2D eigenvalue weighted by atomic mass is 10.1. The van der Waals surface area contributed by atoms with Crippen molar-refractivity contribution in [3.63, 3.8) is 0 Å². The number of halogens is 1. The summed E-state index contributed by atoms with van der Waals surface area (Å²) in [7, 11) is 1.64. The number of benzene rings is 2. The topological polar surface area (TPSA) is 38.3 Å². The lowest BCUT2D eigenvalue weighted by Gasteiger charge is -2.10. The maximum absolute atomic E-state index is 12.1. The first kappa shape index (κ1) is 15.4. The van der Waals surface area contributed by atoms with Gasteiger partial charge in [0.05, 0.1) is 13.5 Å². The molecule has 0 aliphatic heterocycles. The quantitative estimate of drug-likeness (QED) is 0.921. The number of anilines is 1. The van der Waals surface area contributed by atoms with E-state index in [1.54, 1.807) is 13.2 Å². The predicted octanol–water partition coefficient (Wildman–Crippen LogP) is 4.15. The third kappa shape index (κ3) is 3.76. The van der Waals surface area contributed by atoms with Crippen LogP contribution in [0.1, 0.15) is 16.7 Å². The molecule has 1 amide bonds. The van der Waals surface area contributed by atoms with Crippen LogP contribution in [0, 0.1) is 13.8 Å². The number of carbonyl (C=O) groups is 1. The minimum Gasteiger partial charge on any atom is -0.496 e. The van der Waals surface area contributed by atoms with Gasteiger partial charge < -0.3 is 10.1 Å². The van der Waals surface area contributed by atoms with Crippen LogP contribution in [-0.2, 0) is 11.2 Å². The first-order chi connectivity index (χ1) is 10.0. The fraction of sp³-hybridized carbons (Fsp3) is 0.235. The highest BCUT2D eigenvalue weighted by Crippen LogP contribution is 2.23. The van der Waals surface area contributed by atoms with Crippen LogP contribution in [0.4, 0.5) is 5.69 Å². The van der Waals surface area contributed by atoms with Gasteiger partial charge in [-0.2, -0.15) is 0 Å². The van der Waals surface area contributed by atoms with Crippen molar-refractivity contribution < 1.29 is 9.53 Å². The van der Waals surface area contributed by atoms with Crippen molar-refractivity contribution in [2.45, 2.75) is 20.3 Å². The second kappa shape index (κ2) is 6.64. The molecular formula is C17H18ClNO2. The number of aryl methyl sites for hydroxylation is 1. The fourth-order valence-corrected chi connectivity index (χ4v) is 2.35. The van der Waals surface area contributed by atoms with E-state index in [1.807, 2.05) is 44.2 Å². The van der Waals surface area contributed by atoms with Crippen molar-refractivity contribution >= 4 is 23.2 Å². The SMILES string of the molecule is COc1ccc(CC(=O)Nc2cccc(Cl)c2C)cc1C. The Morgan fingerprint density at radius 2 is 2.00 bits per heavy atom. The van der Waals surface area contributed by atoms with Crippen LogP contribution in [0.25, 0.3) is 0 Å². The fourth-order valence-electron chi connectivity index (χ4n) is 2.17. The maximum atomic E-state index is 12.1. The van der Waals surface area contributed by atoms with Crippen molar-refractivity contribution in [1.82, 2.24) is 0 Å². The van der Waals surface area contributed by atoms with Gasteiger partial charge in [-0.3, -0.25) is 4.79 Å². The third-order valence-electron chi connectivity index (χ3n) is 3.37. The minimum absolute atomic E-state index is 0.0649. The molecule has 0 saturated heterocycles. The summed E-state index contributed by atoms with van der Waals surface area (Å²) >= 11 is 6.05. The number of hydrogen-bond donors (Lipinski definition) is 1. The maximum Gasteiger partial charge on any atom is 0.228 e. The van der Waals surface area contributed by atoms with E-state index in [-0.39, 0.29) is 5.91 Å². The standard InChI is InChI=1S/C17H18ClNO2/c1-11-9-13(7-8-16(11)21-3)10-17(20)19-15-6-4-5-14(18)12(15)2/h4-9H,10H2,1-3H3,(H,19,20). The summed E-state index contributed by atoms with van der Waals surface area (Å²) in [5.41, 5.74) is 3.59. The molecule has 4 heteroatoms. The van der Waals surface area contributed by atoms with Crippen LogP contribution in [-0.4, -0.2) is 13.0 Å². The molecule has 0 aliphatic rings. The van der Waals surface area contributed by atoms with Crippen molar-refractivity contribution in [3.05, 3.63) is 58.1 Å². The molecule has 0 spiro atoms. The van der Waals surface area contributed by atoms with Crippen LogP contribution in [0.3, 0.4) is 0 Å². The van der Waals surface area contributed by atoms with Crippen LogP contribution >= 0.6 is 11.6 Å². The molecule has 2 aromatic rings. The third-order valence-corrected chi connectivity index (χ3v) is 3.78. The molecule has 0 radical (unpaired) electrons. The lowest BCUT2D eigenvalue weighted by Crippen LogP contribution is -2.15. The average Bonchev–Trinajstić information content (AvgIpc) is 2.44. The van der Waals surface area contributed by atoms with Gasteiger partial charge in [0, 0.05) is 10.7 Å². The number of ether oxygens (including phenoxy) is 1. The van der Waals surface area contributed by atoms with Crippen LogP contribution < -0.4 is 10.1 Å². The van der Waals surface area contributed by atoms with Gasteiger partial charge in [-0.05, 0) is 48.7 Å². The molecule has 3 nitrogen and oxygen atoms in total. The Hall–Kier alpha value is -2.00. The Balaban J connectivity index is 2.08. The van der Waals surface area contributed by atoms with Crippen LogP contribution in [0.15, 0.2) is 36.4 Å². The normalized spacial score (nSPS) is 10.3. The number of carbonyl (C=O) groups excluding carboxylic acids is 1. The highest BCUT2D eigenvalue weighted by molar-refractivity contribution is 6.31. The number of methoxy groups -OCH3 is 1. The highest BCUT2D eigenvalue weighted by Gasteiger charge is 2.09. The lowest BCUT2D eigenvalue weighted by molar-refractivity contribution is -0.115. The molecule has 0 heterocycles. The average molecular weight is 304 g/mol. The van der Waals surface area contributed by atoms with Crippen LogP contribution in [0.2, 0.25) is 5.02 Å². The first-order valence-corrected chi connectivity index (χ1v) is 7.07. The summed E-state index contributed by atoms with van der Waals surface area (Å²) < 4.78 is 5.21. The van der Waals surface area contributed by atoms with E-state index >= 15 is 0 Å². The van der Waals surface area contributed by atoms with Gasteiger partial charge >= 0.3 is 0 Å². The molecule has 0 saturated carbocycles. The van der Waals surface area contributed by atoms with Crippen LogP contribution in [0.5, 0.6) is 5.75 Å². The molecule has 0 bridgehead atoms. The summed E-state index contributed by atoms with van der Waals surface area (Å²) in [6.07, 6.45) is 0.316. The van der Waals surface area contributed by atoms with Crippen molar-refractivity contribution in [1.29, 1.82) is 0 Å². The molecule has 2 rings (SSSR count). The second-order valence-electron chi connectivity index (χ2n) is 4.94.